The minimum absolute atomic E-state index is 0.955. The highest BCUT2D eigenvalue weighted by atomic mass is 35.5. The smallest absolute Gasteiger partial charge is 0.00720 e. The maximum atomic E-state index is 5.26. The standard InChI is InChI=1S/C5H6Cl2/c1-5(4-7)2-3-6/h2-4H,1H3/b3-2+,5-4-. The van der Waals surface area contributed by atoms with Crippen LogP contribution in [-0.4, -0.2) is 0 Å². The highest BCUT2D eigenvalue weighted by Gasteiger charge is 1.72. The van der Waals surface area contributed by atoms with Crippen molar-refractivity contribution in [3.63, 3.8) is 0 Å². The Hall–Kier alpha value is 0.0600. The van der Waals surface area contributed by atoms with E-state index in [1.54, 1.807) is 6.08 Å². The lowest BCUT2D eigenvalue weighted by Gasteiger charge is -1.78. The lowest BCUT2D eigenvalue weighted by atomic mass is 10.4. The fourth-order valence-electron chi connectivity index (χ4n) is 0.136. The third kappa shape index (κ3) is 3.90. The van der Waals surface area contributed by atoms with Crippen molar-refractivity contribution in [2.24, 2.45) is 0 Å². The summed E-state index contributed by atoms with van der Waals surface area (Å²) in [5, 5.41) is 0. The van der Waals surface area contributed by atoms with Crippen molar-refractivity contribution in [1.29, 1.82) is 0 Å². The monoisotopic (exact) mass is 136 g/mol. The molecule has 40 valence electrons. The fraction of sp³-hybridized carbons (Fsp3) is 0.200. The molecule has 0 aromatic carbocycles. The zero-order chi connectivity index (χ0) is 5.70. The molecule has 0 saturated carbocycles. The molecule has 0 aromatic rings. The highest BCUT2D eigenvalue weighted by molar-refractivity contribution is 6.27. The summed E-state index contributed by atoms with van der Waals surface area (Å²) in [6, 6.07) is 0. The van der Waals surface area contributed by atoms with Gasteiger partial charge in [0.15, 0.2) is 0 Å². The second kappa shape index (κ2) is 4.23. The molecule has 7 heavy (non-hydrogen) atoms. The van der Waals surface area contributed by atoms with Crippen molar-refractivity contribution < 1.29 is 0 Å². The molecule has 0 N–H and O–H groups in total. The Bertz CT molecular complexity index is 92.3. The summed E-state index contributed by atoms with van der Waals surface area (Å²) < 4.78 is 0. The molecule has 0 aliphatic heterocycles. The van der Waals surface area contributed by atoms with Crippen molar-refractivity contribution in [3.05, 3.63) is 22.7 Å². The van der Waals surface area contributed by atoms with Crippen LogP contribution in [0.1, 0.15) is 6.92 Å². The summed E-state index contributed by atoms with van der Waals surface area (Å²) in [5.41, 5.74) is 3.85. The normalized spacial score (nSPS) is 13.3. The average molecular weight is 137 g/mol. The molecule has 0 heterocycles. The molecule has 0 fully saturated rings. The van der Waals surface area contributed by atoms with Crippen molar-refractivity contribution in [2.75, 3.05) is 0 Å². The summed E-state index contributed by atoms with van der Waals surface area (Å²) in [5.74, 6) is 0. The van der Waals surface area contributed by atoms with E-state index in [0.29, 0.717) is 0 Å². The molecule has 0 spiro atoms. The maximum Gasteiger partial charge on any atom is 0.00720 e. The minimum Gasteiger partial charge on any atom is -0.0929 e. The summed E-state index contributed by atoms with van der Waals surface area (Å²) in [7, 11) is 0. The van der Waals surface area contributed by atoms with Crippen LogP contribution in [0.15, 0.2) is 22.7 Å². The van der Waals surface area contributed by atoms with E-state index in [-0.39, 0.29) is 0 Å². The third-order valence-corrected chi connectivity index (χ3v) is 0.968. The first kappa shape index (κ1) is 7.06. The van der Waals surface area contributed by atoms with Crippen LogP contribution in [0.3, 0.4) is 0 Å². The fourth-order valence-corrected chi connectivity index (χ4v) is 0.407. The molecular formula is C5H6Cl2. The maximum absolute atomic E-state index is 5.26. The lowest BCUT2D eigenvalue weighted by molar-refractivity contribution is 1.56. The van der Waals surface area contributed by atoms with Gasteiger partial charge in [0.25, 0.3) is 0 Å². The Balaban J connectivity index is 3.58. The van der Waals surface area contributed by atoms with Crippen LogP contribution < -0.4 is 0 Å². The van der Waals surface area contributed by atoms with E-state index in [1.165, 1.54) is 11.1 Å². The van der Waals surface area contributed by atoms with E-state index in [2.05, 4.69) is 0 Å². The van der Waals surface area contributed by atoms with Gasteiger partial charge < -0.3 is 0 Å². The van der Waals surface area contributed by atoms with Gasteiger partial charge in [0.2, 0.25) is 0 Å². The second-order valence-corrected chi connectivity index (χ2v) is 1.62. The summed E-state index contributed by atoms with van der Waals surface area (Å²) >= 11 is 10.5. The van der Waals surface area contributed by atoms with Crippen molar-refractivity contribution in [3.8, 4) is 0 Å². The minimum atomic E-state index is 0.955. The Morgan fingerprint density at radius 3 is 2.14 bits per heavy atom. The topological polar surface area (TPSA) is 0 Å². The second-order valence-electron chi connectivity index (χ2n) is 1.15. The van der Waals surface area contributed by atoms with Gasteiger partial charge in [-0.3, -0.25) is 0 Å². The average Bonchev–Trinajstić information content (AvgIpc) is 1.68. The van der Waals surface area contributed by atoms with Gasteiger partial charge in [-0.1, -0.05) is 23.2 Å². The van der Waals surface area contributed by atoms with E-state index < -0.39 is 0 Å². The van der Waals surface area contributed by atoms with E-state index in [4.69, 9.17) is 23.2 Å². The van der Waals surface area contributed by atoms with Gasteiger partial charge in [-0.25, -0.2) is 0 Å². The Kier molecular flexibility index (Phi) is 4.26. The molecule has 0 saturated heterocycles. The van der Waals surface area contributed by atoms with Crippen LogP contribution in [0.5, 0.6) is 0 Å². The zero-order valence-corrected chi connectivity index (χ0v) is 5.50. The Morgan fingerprint density at radius 1 is 1.43 bits per heavy atom. The van der Waals surface area contributed by atoms with E-state index in [0.717, 1.165) is 5.57 Å². The quantitative estimate of drug-likeness (QED) is 0.487. The first-order valence-electron chi connectivity index (χ1n) is 1.85. The van der Waals surface area contributed by atoms with Crippen LogP contribution in [-0.2, 0) is 0 Å². The molecular weight excluding hydrogens is 131 g/mol. The van der Waals surface area contributed by atoms with Crippen molar-refractivity contribution in [2.45, 2.75) is 6.92 Å². The van der Waals surface area contributed by atoms with Gasteiger partial charge in [-0.05, 0) is 18.6 Å². The van der Waals surface area contributed by atoms with Gasteiger partial charge in [0.05, 0.1) is 0 Å². The molecule has 0 aliphatic rings. The first-order valence-corrected chi connectivity index (χ1v) is 2.72. The van der Waals surface area contributed by atoms with Gasteiger partial charge >= 0.3 is 0 Å². The third-order valence-electron chi connectivity index (χ3n) is 0.498. The highest BCUT2D eigenvalue weighted by Crippen LogP contribution is 1.96. The number of rotatable bonds is 1. The number of hydrogen-bond acceptors (Lipinski definition) is 0. The summed E-state index contributed by atoms with van der Waals surface area (Å²) in [6.07, 6.45) is 1.72. The predicted octanol–water partition coefficient (Wildman–Crippen LogP) is 2.88. The van der Waals surface area contributed by atoms with Crippen LogP contribution in [0, 0.1) is 0 Å². The molecule has 0 nitrogen and oxygen atoms in total. The first-order chi connectivity index (χ1) is 3.31. The van der Waals surface area contributed by atoms with Gasteiger partial charge in [-0.2, -0.15) is 0 Å². The van der Waals surface area contributed by atoms with Gasteiger partial charge in [0, 0.05) is 11.1 Å². The van der Waals surface area contributed by atoms with Crippen LogP contribution >= 0.6 is 23.2 Å². The number of allylic oxidation sites excluding steroid dienone is 2. The van der Waals surface area contributed by atoms with Gasteiger partial charge in [-0.15, -0.1) is 0 Å². The Labute approximate surface area is 53.4 Å². The van der Waals surface area contributed by atoms with Crippen LogP contribution in [0.25, 0.3) is 0 Å². The molecule has 0 aliphatic carbocycles. The largest absolute Gasteiger partial charge is 0.0929 e. The zero-order valence-electron chi connectivity index (χ0n) is 3.99. The molecule has 0 unspecified atom stereocenters. The molecule has 0 aromatic heterocycles. The molecule has 0 radical (unpaired) electrons. The Morgan fingerprint density at radius 2 is 2.00 bits per heavy atom. The van der Waals surface area contributed by atoms with Crippen LogP contribution in [0.2, 0.25) is 0 Å². The molecule has 2 heteroatoms. The predicted molar refractivity (Wildman–Crippen MR) is 34.6 cm³/mol. The molecule has 0 rings (SSSR count). The number of hydrogen-bond donors (Lipinski definition) is 0. The number of halogens is 2. The van der Waals surface area contributed by atoms with Crippen molar-refractivity contribution >= 4 is 23.2 Å². The van der Waals surface area contributed by atoms with Crippen LogP contribution in [0.4, 0.5) is 0 Å². The van der Waals surface area contributed by atoms with E-state index >= 15 is 0 Å². The molecule has 0 atom stereocenters. The van der Waals surface area contributed by atoms with E-state index in [9.17, 15) is 0 Å². The summed E-state index contributed by atoms with van der Waals surface area (Å²) in [6.45, 7) is 1.87. The van der Waals surface area contributed by atoms with Crippen molar-refractivity contribution in [1.82, 2.24) is 0 Å². The lowest BCUT2D eigenvalue weighted by Crippen LogP contribution is -1.57. The SMILES string of the molecule is CC(=C/Cl)/C=C/Cl. The van der Waals surface area contributed by atoms with E-state index in [1.807, 2.05) is 6.92 Å². The molecule has 0 bridgehead atoms. The molecule has 0 amide bonds. The summed E-state index contributed by atoms with van der Waals surface area (Å²) in [4.78, 5) is 0. The van der Waals surface area contributed by atoms with Gasteiger partial charge in [0.1, 0.15) is 0 Å².